The normalized spacial score (nSPS) is 24.7. The quantitative estimate of drug-likeness (QED) is 0.612. The smallest absolute Gasteiger partial charge is 0.129 e. The van der Waals surface area contributed by atoms with Gasteiger partial charge in [-0.1, -0.05) is 0 Å². The second-order valence-electron chi connectivity index (χ2n) is 4.91. The Morgan fingerprint density at radius 1 is 1.53 bits per heavy atom. The number of rotatable bonds is 8. The van der Waals surface area contributed by atoms with E-state index < -0.39 is 11.7 Å². The molecule has 6 nitrogen and oxygen atoms in total. The first kappa shape index (κ1) is 14.5. The summed E-state index contributed by atoms with van der Waals surface area (Å²) in [7, 11) is 0. The van der Waals surface area contributed by atoms with E-state index in [2.05, 4.69) is 5.32 Å². The molecule has 0 bridgehead atoms. The Bertz CT molecular complexity index is 348. The lowest BCUT2D eigenvalue weighted by Gasteiger charge is -2.21. The molecule has 2 atom stereocenters. The molecule has 0 saturated carbocycles. The van der Waals surface area contributed by atoms with Gasteiger partial charge in [-0.3, -0.25) is 0 Å². The average molecular weight is 271 g/mol. The third-order valence-electron chi connectivity index (χ3n) is 3.05. The molecule has 1 saturated heterocycles. The number of nitrogens with one attached hydrogen (secondary N) is 1. The second kappa shape index (κ2) is 7.02. The molecule has 1 aliphatic heterocycles. The maximum absolute atomic E-state index is 9.99. The van der Waals surface area contributed by atoms with E-state index in [1.807, 2.05) is 6.07 Å². The lowest BCUT2D eigenvalue weighted by molar-refractivity contribution is 0.00861. The van der Waals surface area contributed by atoms with Gasteiger partial charge >= 0.3 is 0 Å². The fourth-order valence-electron chi connectivity index (χ4n) is 1.96. The van der Waals surface area contributed by atoms with Crippen molar-refractivity contribution in [1.29, 1.82) is 0 Å². The summed E-state index contributed by atoms with van der Waals surface area (Å²) in [6.07, 6.45) is 1.60. The van der Waals surface area contributed by atoms with Crippen molar-refractivity contribution in [2.24, 2.45) is 0 Å². The average Bonchev–Trinajstić information content (AvgIpc) is 3.01. The molecule has 0 radical (unpaired) electrons. The molecule has 19 heavy (non-hydrogen) atoms. The Labute approximate surface area is 112 Å². The molecule has 2 unspecified atom stereocenters. The van der Waals surface area contributed by atoms with Crippen molar-refractivity contribution in [3.63, 3.8) is 0 Å². The minimum Gasteiger partial charge on any atom is -0.467 e. The topological polar surface area (TPSA) is 84.1 Å². The van der Waals surface area contributed by atoms with E-state index in [9.17, 15) is 10.2 Å². The van der Waals surface area contributed by atoms with E-state index in [1.165, 1.54) is 0 Å². The molecule has 108 valence electrons. The van der Waals surface area contributed by atoms with Gasteiger partial charge in [-0.25, -0.2) is 0 Å². The lowest BCUT2D eigenvalue weighted by atomic mass is 10.0. The standard InChI is InChI=1S/C13H21NO5/c15-11(7-18-8-12-2-1-4-19-12)6-14-9-13(16)3-5-17-10-13/h1-2,4,11,14-16H,3,5-10H2. The highest BCUT2D eigenvalue weighted by atomic mass is 16.5. The van der Waals surface area contributed by atoms with E-state index >= 15 is 0 Å². The van der Waals surface area contributed by atoms with Crippen LogP contribution < -0.4 is 5.32 Å². The Hall–Kier alpha value is -0.920. The first-order valence-corrected chi connectivity index (χ1v) is 6.47. The highest BCUT2D eigenvalue weighted by molar-refractivity contribution is 4.96. The van der Waals surface area contributed by atoms with Crippen molar-refractivity contribution < 1.29 is 24.1 Å². The minimum atomic E-state index is -0.797. The van der Waals surface area contributed by atoms with Gasteiger partial charge in [-0.05, 0) is 12.1 Å². The van der Waals surface area contributed by atoms with E-state index in [-0.39, 0.29) is 6.61 Å². The van der Waals surface area contributed by atoms with Crippen molar-refractivity contribution in [2.45, 2.75) is 24.7 Å². The summed E-state index contributed by atoms with van der Waals surface area (Å²) in [5.74, 6) is 0.734. The molecule has 1 fully saturated rings. The number of hydrogen-bond donors (Lipinski definition) is 3. The summed E-state index contributed by atoms with van der Waals surface area (Å²) in [6, 6.07) is 3.61. The van der Waals surface area contributed by atoms with Gasteiger partial charge < -0.3 is 29.4 Å². The third-order valence-corrected chi connectivity index (χ3v) is 3.05. The Morgan fingerprint density at radius 2 is 2.42 bits per heavy atom. The van der Waals surface area contributed by atoms with Crippen LogP contribution in [0.3, 0.4) is 0 Å². The fraction of sp³-hybridized carbons (Fsp3) is 0.692. The summed E-state index contributed by atoms with van der Waals surface area (Å²) >= 11 is 0. The zero-order valence-electron chi connectivity index (χ0n) is 10.9. The second-order valence-corrected chi connectivity index (χ2v) is 4.91. The van der Waals surface area contributed by atoms with Gasteiger partial charge in [0.1, 0.15) is 18.0 Å². The SMILES string of the molecule is OC(CNCC1(O)CCOC1)COCc1ccco1. The largest absolute Gasteiger partial charge is 0.467 e. The van der Waals surface area contributed by atoms with Crippen LogP contribution >= 0.6 is 0 Å². The zero-order chi connectivity index (χ0) is 13.6. The highest BCUT2D eigenvalue weighted by Crippen LogP contribution is 2.16. The summed E-state index contributed by atoms with van der Waals surface area (Å²) in [5.41, 5.74) is -0.797. The maximum Gasteiger partial charge on any atom is 0.129 e. The molecular weight excluding hydrogens is 250 g/mol. The highest BCUT2D eigenvalue weighted by Gasteiger charge is 2.31. The van der Waals surface area contributed by atoms with E-state index in [0.717, 1.165) is 5.76 Å². The molecule has 6 heteroatoms. The number of furan rings is 1. The van der Waals surface area contributed by atoms with Gasteiger partial charge in [0.05, 0.1) is 25.6 Å². The van der Waals surface area contributed by atoms with E-state index in [1.54, 1.807) is 12.3 Å². The Morgan fingerprint density at radius 3 is 3.11 bits per heavy atom. The van der Waals surface area contributed by atoms with Crippen molar-refractivity contribution in [2.75, 3.05) is 32.9 Å². The number of ether oxygens (including phenoxy) is 2. The molecule has 2 heterocycles. The van der Waals surface area contributed by atoms with Crippen LogP contribution in [0.25, 0.3) is 0 Å². The molecule has 0 aliphatic carbocycles. The van der Waals surface area contributed by atoms with Crippen LogP contribution in [0.2, 0.25) is 0 Å². The Balaban J connectivity index is 1.53. The number of aliphatic hydroxyl groups is 2. The molecule has 0 amide bonds. The van der Waals surface area contributed by atoms with Crippen molar-refractivity contribution in [3.8, 4) is 0 Å². The summed E-state index contributed by atoms with van der Waals surface area (Å²) in [6.45, 7) is 2.31. The molecule has 1 aromatic rings. The third kappa shape index (κ3) is 4.93. The molecule has 1 aromatic heterocycles. The van der Waals surface area contributed by atoms with Crippen LogP contribution in [0, 0.1) is 0 Å². The van der Waals surface area contributed by atoms with E-state index in [4.69, 9.17) is 13.9 Å². The molecule has 1 aliphatic rings. The van der Waals surface area contributed by atoms with Crippen LogP contribution in [-0.2, 0) is 16.1 Å². The van der Waals surface area contributed by atoms with Crippen LogP contribution in [0.4, 0.5) is 0 Å². The van der Waals surface area contributed by atoms with Crippen molar-refractivity contribution in [1.82, 2.24) is 5.32 Å². The van der Waals surface area contributed by atoms with Gasteiger partial charge in [0.25, 0.3) is 0 Å². The molecule has 2 rings (SSSR count). The summed E-state index contributed by atoms with van der Waals surface area (Å²) in [4.78, 5) is 0. The molecular formula is C13H21NO5. The predicted molar refractivity (Wildman–Crippen MR) is 67.6 cm³/mol. The minimum absolute atomic E-state index is 0.225. The van der Waals surface area contributed by atoms with Gasteiger partial charge in [0.15, 0.2) is 0 Å². The molecule has 3 N–H and O–H groups in total. The molecule has 0 spiro atoms. The maximum atomic E-state index is 9.99. The Kier molecular flexibility index (Phi) is 5.35. The van der Waals surface area contributed by atoms with Crippen LogP contribution in [-0.4, -0.2) is 54.8 Å². The predicted octanol–water partition coefficient (Wildman–Crippen LogP) is -0.102. The van der Waals surface area contributed by atoms with Gasteiger partial charge in [0, 0.05) is 26.1 Å². The van der Waals surface area contributed by atoms with Gasteiger partial charge in [-0.15, -0.1) is 0 Å². The first-order valence-electron chi connectivity index (χ1n) is 6.47. The summed E-state index contributed by atoms with van der Waals surface area (Å²) < 4.78 is 15.6. The monoisotopic (exact) mass is 271 g/mol. The van der Waals surface area contributed by atoms with Crippen LogP contribution in [0.15, 0.2) is 22.8 Å². The molecule has 0 aromatic carbocycles. The van der Waals surface area contributed by atoms with Crippen LogP contribution in [0.5, 0.6) is 0 Å². The summed E-state index contributed by atoms with van der Waals surface area (Å²) in [5, 5.41) is 22.7. The zero-order valence-corrected chi connectivity index (χ0v) is 10.9. The number of hydrogen-bond acceptors (Lipinski definition) is 6. The van der Waals surface area contributed by atoms with Crippen molar-refractivity contribution in [3.05, 3.63) is 24.2 Å². The van der Waals surface area contributed by atoms with Gasteiger partial charge in [0.2, 0.25) is 0 Å². The first-order chi connectivity index (χ1) is 9.18. The van der Waals surface area contributed by atoms with Crippen molar-refractivity contribution >= 4 is 0 Å². The fourth-order valence-corrected chi connectivity index (χ4v) is 1.96. The van der Waals surface area contributed by atoms with Gasteiger partial charge in [-0.2, -0.15) is 0 Å². The van der Waals surface area contributed by atoms with E-state index in [0.29, 0.717) is 39.3 Å². The van der Waals surface area contributed by atoms with Crippen LogP contribution in [0.1, 0.15) is 12.2 Å². The number of aliphatic hydroxyl groups excluding tert-OH is 1. The lowest BCUT2D eigenvalue weighted by Crippen LogP contribution is -2.44.